The molecule has 2 aromatic carbocycles. The van der Waals surface area contributed by atoms with Crippen molar-refractivity contribution < 1.29 is 23.0 Å². The molecule has 164 valence electrons. The molecule has 31 heavy (non-hydrogen) atoms. The van der Waals surface area contributed by atoms with Crippen molar-refractivity contribution in [3.05, 3.63) is 65.5 Å². The van der Waals surface area contributed by atoms with Crippen LogP contribution in [0.3, 0.4) is 0 Å². The van der Waals surface area contributed by atoms with Crippen molar-refractivity contribution in [1.29, 1.82) is 0 Å². The Bertz CT molecular complexity index is 1040. The van der Waals surface area contributed by atoms with Gasteiger partial charge in [-0.25, -0.2) is 0 Å². The normalized spacial score (nSPS) is 15.9. The van der Waals surface area contributed by atoms with E-state index in [4.69, 9.17) is 4.74 Å². The second-order valence-electron chi connectivity index (χ2n) is 7.82. The summed E-state index contributed by atoms with van der Waals surface area (Å²) in [5, 5.41) is 17.3. The number of aromatic amines is 1. The van der Waals surface area contributed by atoms with Crippen molar-refractivity contribution in [2.75, 3.05) is 20.2 Å². The minimum Gasteiger partial charge on any atom is -0.508 e. The van der Waals surface area contributed by atoms with Crippen LogP contribution in [0.4, 0.5) is 13.2 Å². The molecule has 1 aliphatic heterocycles. The fraction of sp³-hybridized carbons (Fsp3) is 0.348. The highest BCUT2D eigenvalue weighted by molar-refractivity contribution is 5.66. The summed E-state index contributed by atoms with van der Waals surface area (Å²) >= 11 is 0. The third-order valence-corrected chi connectivity index (χ3v) is 5.85. The molecule has 0 amide bonds. The molecular weight excluding hydrogens is 407 g/mol. The lowest BCUT2D eigenvalue weighted by atomic mass is 9.89. The van der Waals surface area contributed by atoms with Crippen molar-refractivity contribution in [3.8, 4) is 22.6 Å². The van der Waals surface area contributed by atoms with Crippen LogP contribution in [0.15, 0.2) is 48.7 Å². The zero-order valence-electron chi connectivity index (χ0n) is 17.1. The lowest BCUT2D eigenvalue weighted by Gasteiger charge is -2.32. The number of phenolic OH excluding ortho intramolecular Hbond substituents is 1. The molecule has 1 aliphatic rings. The molecule has 0 bridgehead atoms. The average molecular weight is 431 g/mol. The van der Waals surface area contributed by atoms with Gasteiger partial charge in [-0.15, -0.1) is 0 Å². The molecule has 1 saturated heterocycles. The highest BCUT2D eigenvalue weighted by atomic mass is 19.4. The Morgan fingerprint density at radius 2 is 1.94 bits per heavy atom. The minimum absolute atomic E-state index is 0.183. The second-order valence-corrected chi connectivity index (χ2v) is 7.82. The number of H-pyrrole nitrogens is 1. The predicted molar refractivity (Wildman–Crippen MR) is 111 cm³/mol. The van der Waals surface area contributed by atoms with Gasteiger partial charge in [0.15, 0.2) is 0 Å². The number of methoxy groups -OCH3 is 1. The number of hydrogen-bond acceptors (Lipinski definition) is 4. The van der Waals surface area contributed by atoms with Gasteiger partial charge in [-0.1, -0.05) is 12.1 Å². The molecule has 0 saturated carbocycles. The van der Waals surface area contributed by atoms with Crippen molar-refractivity contribution >= 4 is 0 Å². The molecule has 2 N–H and O–H groups in total. The number of rotatable bonds is 5. The fourth-order valence-electron chi connectivity index (χ4n) is 4.14. The Kier molecular flexibility index (Phi) is 5.91. The largest absolute Gasteiger partial charge is 0.508 e. The first-order chi connectivity index (χ1) is 14.8. The molecule has 0 radical (unpaired) electrons. The number of aromatic nitrogens is 2. The number of likely N-dealkylation sites (tertiary alicyclic amines) is 1. The summed E-state index contributed by atoms with van der Waals surface area (Å²) in [6, 6.07) is 10.6. The maximum atomic E-state index is 13.1. The van der Waals surface area contributed by atoms with Crippen molar-refractivity contribution in [2.24, 2.45) is 0 Å². The fourth-order valence-corrected chi connectivity index (χ4v) is 4.14. The monoisotopic (exact) mass is 431 g/mol. The van der Waals surface area contributed by atoms with E-state index in [0.717, 1.165) is 48.8 Å². The number of nitrogens with one attached hydrogen (secondary N) is 1. The zero-order valence-corrected chi connectivity index (χ0v) is 17.1. The molecule has 1 fully saturated rings. The van der Waals surface area contributed by atoms with Crippen molar-refractivity contribution in [2.45, 2.75) is 31.5 Å². The quantitative estimate of drug-likeness (QED) is 0.584. The number of benzene rings is 2. The highest BCUT2D eigenvalue weighted by Crippen LogP contribution is 2.37. The third-order valence-electron chi connectivity index (χ3n) is 5.85. The first-order valence-electron chi connectivity index (χ1n) is 10.1. The molecule has 0 aliphatic carbocycles. The molecule has 0 atom stereocenters. The number of hydrogen-bond donors (Lipinski definition) is 2. The van der Waals surface area contributed by atoms with Crippen LogP contribution < -0.4 is 4.74 Å². The van der Waals surface area contributed by atoms with Gasteiger partial charge >= 0.3 is 6.18 Å². The van der Waals surface area contributed by atoms with E-state index >= 15 is 0 Å². The van der Waals surface area contributed by atoms with Gasteiger partial charge in [-0.3, -0.25) is 10.00 Å². The van der Waals surface area contributed by atoms with Crippen molar-refractivity contribution in [1.82, 2.24) is 15.1 Å². The molecule has 0 unspecified atom stereocenters. The van der Waals surface area contributed by atoms with Crippen LogP contribution in [0.2, 0.25) is 0 Å². The van der Waals surface area contributed by atoms with E-state index in [1.54, 1.807) is 31.5 Å². The average Bonchev–Trinajstić information content (AvgIpc) is 3.25. The Balaban J connectivity index is 1.46. The van der Waals surface area contributed by atoms with Crippen LogP contribution in [0, 0.1) is 0 Å². The summed E-state index contributed by atoms with van der Waals surface area (Å²) < 4.78 is 44.6. The number of halogens is 3. The van der Waals surface area contributed by atoms with Gasteiger partial charge in [0.05, 0.1) is 18.9 Å². The zero-order chi connectivity index (χ0) is 22.0. The van der Waals surface area contributed by atoms with E-state index in [1.165, 1.54) is 12.1 Å². The summed E-state index contributed by atoms with van der Waals surface area (Å²) in [6.07, 6.45) is -1.08. The lowest BCUT2D eigenvalue weighted by Crippen LogP contribution is -2.32. The van der Waals surface area contributed by atoms with Crippen LogP contribution in [0.25, 0.3) is 11.1 Å². The van der Waals surface area contributed by atoms with Crippen LogP contribution >= 0.6 is 0 Å². The van der Waals surface area contributed by atoms with Crippen LogP contribution in [0.1, 0.15) is 35.6 Å². The van der Waals surface area contributed by atoms with E-state index < -0.39 is 11.7 Å². The molecule has 0 spiro atoms. The Morgan fingerprint density at radius 1 is 1.16 bits per heavy atom. The SMILES string of the molecule is COc1ccc(O)c(CN2CCC(c3[nH]ncc3-c3cccc(C(F)(F)F)c3)CC2)c1. The van der Waals surface area contributed by atoms with E-state index in [9.17, 15) is 18.3 Å². The van der Waals surface area contributed by atoms with Gasteiger partial charge in [0.2, 0.25) is 0 Å². The summed E-state index contributed by atoms with van der Waals surface area (Å²) in [5.74, 6) is 1.12. The summed E-state index contributed by atoms with van der Waals surface area (Å²) in [6.45, 7) is 2.23. The van der Waals surface area contributed by atoms with Crippen LogP contribution in [-0.4, -0.2) is 40.4 Å². The summed E-state index contributed by atoms with van der Waals surface area (Å²) in [7, 11) is 1.59. The first kappa shape index (κ1) is 21.2. The van der Waals surface area contributed by atoms with Gasteiger partial charge in [0.25, 0.3) is 0 Å². The number of aromatic hydroxyl groups is 1. The molecule has 2 heterocycles. The molecule has 1 aromatic heterocycles. The van der Waals surface area contributed by atoms with Crippen molar-refractivity contribution in [3.63, 3.8) is 0 Å². The Labute approximate surface area is 178 Å². The highest BCUT2D eigenvalue weighted by Gasteiger charge is 2.31. The Morgan fingerprint density at radius 3 is 2.65 bits per heavy atom. The van der Waals surface area contributed by atoms with E-state index in [-0.39, 0.29) is 11.7 Å². The summed E-state index contributed by atoms with van der Waals surface area (Å²) in [4.78, 5) is 2.26. The van der Waals surface area contributed by atoms with Gasteiger partial charge in [-0.05, 0) is 61.8 Å². The van der Waals surface area contributed by atoms with E-state index in [0.29, 0.717) is 17.9 Å². The molecule has 5 nitrogen and oxygen atoms in total. The first-order valence-corrected chi connectivity index (χ1v) is 10.1. The van der Waals surface area contributed by atoms with E-state index in [1.807, 2.05) is 6.07 Å². The second kappa shape index (κ2) is 8.63. The smallest absolute Gasteiger partial charge is 0.416 e. The number of alkyl halides is 3. The maximum absolute atomic E-state index is 13.1. The standard InChI is InChI=1S/C23H24F3N3O2/c1-31-19-5-6-21(30)17(12-19)14-29-9-7-15(8-10-29)22-20(13-27-28-22)16-3-2-4-18(11-16)23(24,25)26/h2-6,11-13,15,30H,7-10,14H2,1H3,(H,27,28). The summed E-state index contributed by atoms with van der Waals surface area (Å²) in [5.41, 5.74) is 2.26. The third kappa shape index (κ3) is 4.69. The number of ether oxygens (including phenoxy) is 1. The molecule has 8 heteroatoms. The minimum atomic E-state index is -4.38. The molecule has 3 aromatic rings. The number of phenols is 1. The van der Waals surface area contributed by atoms with Gasteiger partial charge in [0, 0.05) is 29.3 Å². The number of piperidine rings is 1. The lowest BCUT2D eigenvalue weighted by molar-refractivity contribution is -0.137. The van der Waals surface area contributed by atoms with Crippen LogP contribution in [-0.2, 0) is 12.7 Å². The topological polar surface area (TPSA) is 61.4 Å². The van der Waals surface area contributed by atoms with E-state index in [2.05, 4.69) is 15.1 Å². The predicted octanol–water partition coefficient (Wildman–Crippen LogP) is 5.19. The molecular formula is C23H24F3N3O2. The van der Waals surface area contributed by atoms with Gasteiger partial charge in [0.1, 0.15) is 11.5 Å². The Hall–Kier alpha value is -3.00. The number of nitrogens with zero attached hydrogens (tertiary/aromatic N) is 2. The van der Waals surface area contributed by atoms with Gasteiger partial charge < -0.3 is 9.84 Å². The van der Waals surface area contributed by atoms with Gasteiger partial charge in [-0.2, -0.15) is 18.3 Å². The van der Waals surface area contributed by atoms with Crippen LogP contribution in [0.5, 0.6) is 11.5 Å². The maximum Gasteiger partial charge on any atom is 0.416 e. The molecule has 4 rings (SSSR count).